The summed E-state index contributed by atoms with van der Waals surface area (Å²) in [6, 6.07) is 12.6. The van der Waals surface area contributed by atoms with E-state index in [9.17, 15) is 5.11 Å². The van der Waals surface area contributed by atoms with Crippen LogP contribution in [0.3, 0.4) is 0 Å². The number of aromatic hydroxyl groups is 1. The standard InChI is InChI=1S/C21H24ClN3O2/c1-21(2,25-12-13-4-7-18(26)19(10-13)27-3)20(23)16-8-9-24-17-11-14(22)5-6-15(16)17/h4-11,20,25-26H,12,23H2,1-3H3. The number of ether oxygens (including phenoxy) is 1. The predicted octanol–water partition coefficient (Wildman–Crippen LogP) is 4.17. The summed E-state index contributed by atoms with van der Waals surface area (Å²) in [5, 5.41) is 14.9. The highest BCUT2D eigenvalue weighted by molar-refractivity contribution is 6.31. The van der Waals surface area contributed by atoms with Crippen LogP contribution in [0.1, 0.15) is 31.0 Å². The lowest BCUT2D eigenvalue weighted by Crippen LogP contribution is -2.48. The van der Waals surface area contributed by atoms with Crippen LogP contribution in [0.25, 0.3) is 10.9 Å². The lowest BCUT2D eigenvalue weighted by atomic mass is 9.87. The van der Waals surface area contributed by atoms with Gasteiger partial charge in [0.05, 0.1) is 12.6 Å². The third kappa shape index (κ3) is 4.16. The Morgan fingerprint density at radius 2 is 2.00 bits per heavy atom. The minimum atomic E-state index is -0.390. The Kier molecular flexibility index (Phi) is 5.56. The number of hydrogen-bond donors (Lipinski definition) is 3. The molecule has 4 N–H and O–H groups in total. The number of rotatable bonds is 6. The molecule has 0 saturated carbocycles. The van der Waals surface area contributed by atoms with Crippen molar-refractivity contribution in [3.8, 4) is 11.5 Å². The van der Waals surface area contributed by atoms with E-state index in [1.54, 1.807) is 12.3 Å². The number of nitrogens with one attached hydrogen (secondary N) is 1. The third-order valence-corrected chi connectivity index (χ3v) is 5.08. The van der Waals surface area contributed by atoms with E-state index in [1.165, 1.54) is 7.11 Å². The van der Waals surface area contributed by atoms with E-state index in [0.717, 1.165) is 22.0 Å². The summed E-state index contributed by atoms with van der Waals surface area (Å²) in [6.45, 7) is 4.72. The lowest BCUT2D eigenvalue weighted by Gasteiger charge is -2.34. The summed E-state index contributed by atoms with van der Waals surface area (Å²) in [5.41, 5.74) is 9.08. The lowest BCUT2D eigenvalue weighted by molar-refractivity contribution is 0.321. The average Bonchev–Trinajstić information content (AvgIpc) is 2.66. The van der Waals surface area contributed by atoms with Crippen LogP contribution >= 0.6 is 11.6 Å². The van der Waals surface area contributed by atoms with Gasteiger partial charge in [-0.05, 0) is 55.3 Å². The van der Waals surface area contributed by atoms with E-state index in [4.69, 9.17) is 22.1 Å². The fraction of sp³-hybridized carbons (Fsp3) is 0.286. The van der Waals surface area contributed by atoms with Gasteiger partial charge >= 0.3 is 0 Å². The fourth-order valence-corrected chi connectivity index (χ4v) is 3.24. The zero-order chi connectivity index (χ0) is 19.6. The molecule has 3 rings (SSSR count). The van der Waals surface area contributed by atoms with Gasteiger partial charge in [0.2, 0.25) is 0 Å². The number of nitrogens with zero attached hydrogens (tertiary/aromatic N) is 1. The topological polar surface area (TPSA) is 80.4 Å². The number of aromatic nitrogens is 1. The first-order valence-corrected chi connectivity index (χ1v) is 9.10. The van der Waals surface area contributed by atoms with Gasteiger partial charge in [-0.2, -0.15) is 0 Å². The van der Waals surface area contributed by atoms with Crippen molar-refractivity contribution in [2.24, 2.45) is 5.73 Å². The van der Waals surface area contributed by atoms with Gasteiger partial charge in [0.25, 0.3) is 0 Å². The number of benzene rings is 2. The number of hydrogen-bond acceptors (Lipinski definition) is 5. The number of halogens is 1. The molecular weight excluding hydrogens is 362 g/mol. The highest BCUT2D eigenvalue weighted by atomic mass is 35.5. The summed E-state index contributed by atoms with van der Waals surface area (Å²) in [7, 11) is 1.53. The Balaban J connectivity index is 1.82. The summed E-state index contributed by atoms with van der Waals surface area (Å²) in [5.74, 6) is 0.576. The normalized spacial score (nSPS) is 12.9. The molecule has 1 unspecified atom stereocenters. The Labute approximate surface area is 164 Å². The molecule has 0 bridgehead atoms. The van der Waals surface area contributed by atoms with E-state index in [1.807, 2.05) is 36.4 Å². The molecule has 0 aliphatic rings. The van der Waals surface area contributed by atoms with Gasteiger partial charge < -0.3 is 20.9 Å². The molecule has 6 heteroatoms. The maximum absolute atomic E-state index is 9.74. The molecule has 0 aliphatic heterocycles. The Bertz CT molecular complexity index is 959. The quantitative estimate of drug-likeness (QED) is 0.593. The van der Waals surface area contributed by atoms with E-state index < -0.39 is 0 Å². The number of phenolic OH excluding ortho intramolecular Hbond substituents is 1. The molecule has 0 radical (unpaired) electrons. The van der Waals surface area contributed by atoms with Crippen molar-refractivity contribution in [1.29, 1.82) is 0 Å². The van der Waals surface area contributed by atoms with Crippen LogP contribution in [0.4, 0.5) is 0 Å². The number of phenols is 1. The van der Waals surface area contributed by atoms with Gasteiger partial charge in [-0.15, -0.1) is 0 Å². The van der Waals surface area contributed by atoms with Gasteiger partial charge in [-0.3, -0.25) is 4.98 Å². The van der Waals surface area contributed by atoms with Crippen LogP contribution in [0, 0.1) is 0 Å². The number of nitrogens with two attached hydrogens (primary N) is 1. The second-order valence-corrected chi connectivity index (χ2v) is 7.56. The van der Waals surface area contributed by atoms with E-state index in [-0.39, 0.29) is 17.3 Å². The van der Waals surface area contributed by atoms with E-state index in [0.29, 0.717) is 17.3 Å². The van der Waals surface area contributed by atoms with Gasteiger partial charge in [-0.25, -0.2) is 0 Å². The molecule has 2 aromatic carbocycles. The fourth-order valence-electron chi connectivity index (χ4n) is 3.08. The number of pyridine rings is 1. The Morgan fingerprint density at radius 1 is 1.22 bits per heavy atom. The zero-order valence-electron chi connectivity index (χ0n) is 15.7. The molecule has 3 aromatic rings. The summed E-state index contributed by atoms with van der Waals surface area (Å²) >= 11 is 6.08. The third-order valence-electron chi connectivity index (χ3n) is 4.84. The minimum absolute atomic E-state index is 0.124. The average molecular weight is 386 g/mol. The zero-order valence-corrected chi connectivity index (χ0v) is 16.4. The van der Waals surface area contributed by atoms with Gasteiger partial charge in [0.1, 0.15) is 0 Å². The first-order chi connectivity index (χ1) is 12.8. The maximum atomic E-state index is 9.74. The van der Waals surface area contributed by atoms with Crippen LogP contribution in [-0.2, 0) is 6.54 Å². The monoisotopic (exact) mass is 385 g/mol. The summed E-state index contributed by atoms with van der Waals surface area (Å²) in [6.07, 6.45) is 1.76. The first-order valence-electron chi connectivity index (χ1n) is 8.72. The van der Waals surface area contributed by atoms with Gasteiger partial charge in [0.15, 0.2) is 11.5 Å². The van der Waals surface area contributed by atoms with E-state index in [2.05, 4.69) is 24.1 Å². The molecule has 1 heterocycles. The highest BCUT2D eigenvalue weighted by Gasteiger charge is 2.28. The molecule has 27 heavy (non-hydrogen) atoms. The van der Waals surface area contributed by atoms with Crippen molar-refractivity contribution in [3.05, 3.63) is 64.8 Å². The van der Waals surface area contributed by atoms with Crippen LogP contribution in [-0.4, -0.2) is 22.7 Å². The van der Waals surface area contributed by atoms with Crippen molar-refractivity contribution in [1.82, 2.24) is 10.3 Å². The Morgan fingerprint density at radius 3 is 2.74 bits per heavy atom. The number of fused-ring (bicyclic) bond motifs is 1. The first kappa shape index (κ1) is 19.4. The molecular formula is C21H24ClN3O2. The molecule has 0 spiro atoms. The summed E-state index contributed by atoms with van der Waals surface area (Å²) < 4.78 is 5.17. The van der Waals surface area contributed by atoms with Crippen LogP contribution in [0.2, 0.25) is 5.02 Å². The van der Waals surface area contributed by atoms with Crippen LogP contribution in [0.5, 0.6) is 11.5 Å². The van der Waals surface area contributed by atoms with Gasteiger partial charge in [-0.1, -0.05) is 23.7 Å². The molecule has 1 atom stereocenters. The molecule has 5 nitrogen and oxygen atoms in total. The maximum Gasteiger partial charge on any atom is 0.160 e. The molecule has 1 aromatic heterocycles. The van der Waals surface area contributed by atoms with Crippen molar-refractivity contribution in [2.45, 2.75) is 32.0 Å². The highest BCUT2D eigenvalue weighted by Crippen LogP contribution is 2.31. The van der Waals surface area contributed by atoms with Crippen molar-refractivity contribution in [2.75, 3.05) is 7.11 Å². The second kappa shape index (κ2) is 7.72. The molecule has 0 saturated heterocycles. The van der Waals surface area contributed by atoms with Crippen molar-refractivity contribution < 1.29 is 9.84 Å². The predicted molar refractivity (Wildman–Crippen MR) is 109 cm³/mol. The Hall–Kier alpha value is -2.34. The number of methoxy groups -OCH3 is 1. The van der Waals surface area contributed by atoms with Crippen molar-refractivity contribution in [3.63, 3.8) is 0 Å². The molecule has 0 fully saturated rings. The molecule has 0 amide bonds. The summed E-state index contributed by atoms with van der Waals surface area (Å²) in [4.78, 5) is 4.39. The SMILES string of the molecule is COc1cc(CNC(C)(C)C(N)c2ccnc3cc(Cl)ccc23)ccc1O. The van der Waals surface area contributed by atoms with Crippen molar-refractivity contribution >= 4 is 22.5 Å². The smallest absolute Gasteiger partial charge is 0.160 e. The largest absolute Gasteiger partial charge is 0.504 e. The minimum Gasteiger partial charge on any atom is -0.504 e. The van der Waals surface area contributed by atoms with Crippen LogP contribution in [0.15, 0.2) is 48.7 Å². The molecule has 142 valence electrons. The molecule has 0 aliphatic carbocycles. The second-order valence-electron chi connectivity index (χ2n) is 7.12. The van der Waals surface area contributed by atoms with Crippen LogP contribution < -0.4 is 15.8 Å². The van der Waals surface area contributed by atoms with E-state index >= 15 is 0 Å². The van der Waals surface area contributed by atoms with Gasteiger partial charge in [0, 0.05) is 34.7 Å².